The van der Waals surface area contributed by atoms with Crippen molar-refractivity contribution in [2.24, 2.45) is 0 Å². The molecule has 0 radical (unpaired) electrons. The van der Waals surface area contributed by atoms with E-state index in [0.29, 0.717) is 0 Å². The molecule has 15 atom stereocenters. The van der Waals surface area contributed by atoms with E-state index in [4.69, 9.17) is 113 Å². The summed E-state index contributed by atoms with van der Waals surface area (Å²) in [5.41, 5.74) is 18.9. The quantitative estimate of drug-likeness (QED) is 0.0319. The zero-order chi connectivity index (χ0) is 54.5. The number of phosphoric ester groups is 1. The summed E-state index contributed by atoms with van der Waals surface area (Å²) in [7, 11) is -2.22. The number of phosphoric acid groups is 1. The standard InChI is InChI=1S/C34H47N15O20P4S3/c1-58-21-16(66-33(24(21)67-71(54,55)74)48-12-45-18-27(36)39-9-42-30(18)48)7-63-72(56,75)68-23-20(51)14(64-32(23)47-11-44-17-26(35)38-8-41-29(17)47)5-62-73(57,76)69-25-22(59-2)15(6-61-70(52,53)60-4-3-50)65-34(25)49-13-46-19-28(37)40-10-43-31(19)49/h8-16,20-25,32-34,50-51H,3-7H2,1-2H3,(H,52,53)(H,56,75)(H,57,76)(H2,35,38,41)(H2,36,39,42)(H2,37,40,43)(H2,54,55,74)/t14-,15-,16-,20?,21?,22?,23?,24?,25?,32-,33-,34-,72?,73?/m1/s1. The maximum Gasteiger partial charge on any atom is 0.472 e. The van der Waals surface area contributed by atoms with E-state index in [1.54, 1.807) is 0 Å². The second-order valence-corrected chi connectivity index (χ2v) is 26.0. The smallest absolute Gasteiger partial charge is 0.394 e. The van der Waals surface area contributed by atoms with Gasteiger partial charge in [0.25, 0.3) is 0 Å². The van der Waals surface area contributed by atoms with Crippen LogP contribution in [0.3, 0.4) is 0 Å². The van der Waals surface area contributed by atoms with Crippen molar-refractivity contribution in [2.75, 3.05) is 64.5 Å². The van der Waals surface area contributed by atoms with Gasteiger partial charge in [-0.3, -0.25) is 36.3 Å². The van der Waals surface area contributed by atoms with Crippen LogP contribution in [0.5, 0.6) is 0 Å². The molecule has 416 valence electrons. The maximum absolute atomic E-state index is 12.6. The number of imidazole rings is 3. The third-order valence-electron chi connectivity index (χ3n) is 11.7. The average Bonchev–Trinajstić information content (AvgIpc) is 4.25. The molecule has 0 aliphatic carbocycles. The molecule has 3 aliphatic rings. The summed E-state index contributed by atoms with van der Waals surface area (Å²) in [6.07, 6.45) is -9.40. The zero-order valence-electron chi connectivity index (χ0n) is 39.0. The summed E-state index contributed by atoms with van der Waals surface area (Å²) in [4.78, 5) is 91.4. The zero-order valence-corrected chi connectivity index (χ0v) is 45.0. The van der Waals surface area contributed by atoms with E-state index < -0.39 is 135 Å². The summed E-state index contributed by atoms with van der Waals surface area (Å²) in [6.45, 7) is -16.6. The molecule has 9 heterocycles. The van der Waals surface area contributed by atoms with Crippen molar-refractivity contribution in [3.05, 3.63) is 38.0 Å². The molecule has 9 rings (SSSR count). The molecular formula is C34H47N15O20P4S3. The van der Waals surface area contributed by atoms with Gasteiger partial charge in [0.2, 0.25) is 0 Å². The Morgan fingerprint density at radius 3 is 1.36 bits per heavy atom. The molecule has 42 heteroatoms. The van der Waals surface area contributed by atoms with Crippen LogP contribution >= 0.6 is 28.0 Å². The van der Waals surface area contributed by atoms with Crippen molar-refractivity contribution < 1.29 is 94.6 Å². The third kappa shape index (κ3) is 12.1. The van der Waals surface area contributed by atoms with E-state index in [9.17, 15) is 34.1 Å². The van der Waals surface area contributed by atoms with Crippen LogP contribution in [0.4, 0.5) is 17.5 Å². The molecule has 0 spiro atoms. The van der Waals surface area contributed by atoms with Crippen molar-refractivity contribution >= 4 is 114 Å². The van der Waals surface area contributed by atoms with Gasteiger partial charge in [0.15, 0.2) is 53.1 Å². The van der Waals surface area contributed by atoms with E-state index in [0.717, 1.165) is 12.7 Å². The molecule has 9 unspecified atom stereocenters. The Hall–Kier alpha value is -3.53. The monoisotopic (exact) mass is 1210 g/mol. The minimum absolute atomic E-state index is 0.00823. The maximum atomic E-state index is 12.6. The fraction of sp³-hybridized carbons (Fsp3) is 0.559. The highest BCUT2D eigenvalue weighted by molar-refractivity contribution is 8.07. The number of aliphatic hydroxyl groups excluding tert-OH is 2. The normalized spacial score (nSPS) is 29.6. The number of hydrogen-bond donors (Lipinski definition) is 10. The number of fused-ring (bicyclic) bond motifs is 3. The number of nitrogens with two attached hydrogens (primary N) is 3. The van der Waals surface area contributed by atoms with Gasteiger partial charge in [-0.1, -0.05) is 0 Å². The number of ether oxygens (including phenoxy) is 5. The molecule has 3 saturated heterocycles. The molecule has 35 nitrogen and oxygen atoms in total. The summed E-state index contributed by atoms with van der Waals surface area (Å²) in [6, 6.07) is 0. The Balaban J connectivity index is 0.943. The Kier molecular flexibility index (Phi) is 17.2. The molecular weight excluding hydrogens is 1160 g/mol. The minimum atomic E-state index is -4.73. The topological polar surface area (TPSA) is 478 Å². The van der Waals surface area contributed by atoms with Gasteiger partial charge >= 0.3 is 28.0 Å². The first-order valence-corrected chi connectivity index (χ1v) is 31.1. The van der Waals surface area contributed by atoms with Crippen LogP contribution in [0.1, 0.15) is 18.7 Å². The van der Waals surface area contributed by atoms with E-state index >= 15 is 0 Å². The Morgan fingerprint density at radius 2 is 0.934 bits per heavy atom. The molecule has 0 saturated carbocycles. The molecule has 76 heavy (non-hydrogen) atoms. The molecule has 0 amide bonds. The Labute approximate surface area is 441 Å². The van der Waals surface area contributed by atoms with Gasteiger partial charge in [-0.05, 0) is 35.4 Å². The second kappa shape index (κ2) is 22.9. The lowest BCUT2D eigenvalue weighted by Crippen LogP contribution is -2.38. The number of nitrogens with zero attached hydrogens (tertiary/aromatic N) is 12. The first-order valence-electron chi connectivity index (χ1n) is 21.8. The summed E-state index contributed by atoms with van der Waals surface area (Å²) in [5.74, 6) is 0.0238. The number of aromatic nitrogens is 12. The summed E-state index contributed by atoms with van der Waals surface area (Å²) in [5, 5.41) is 21.1. The first kappa shape index (κ1) is 57.2. The molecule has 3 fully saturated rings. The summed E-state index contributed by atoms with van der Waals surface area (Å²) < 4.78 is 85.7. The van der Waals surface area contributed by atoms with Crippen molar-refractivity contribution in [3.63, 3.8) is 0 Å². The van der Waals surface area contributed by atoms with E-state index in [1.807, 2.05) is 0 Å². The summed E-state index contributed by atoms with van der Waals surface area (Å²) >= 11 is 15.8. The predicted octanol–water partition coefficient (Wildman–Crippen LogP) is -1.71. The van der Waals surface area contributed by atoms with Crippen molar-refractivity contribution in [3.8, 4) is 0 Å². The van der Waals surface area contributed by atoms with Crippen LogP contribution in [0, 0.1) is 0 Å². The number of hydrogen-bond acceptors (Lipinski definition) is 30. The average molecular weight is 1210 g/mol. The van der Waals surface area contributed by atoms with E-state index in [-0.39, 0.29) is 50.9 Å². The third-order valence-corrected chi connectivity index (χ3v) is 16.6. The Bertz CT molecular complexity index is 3260. The largest absolute Gasteiger partial charge is 0.472 e. The SMILES string of the molecule is COC1C(OP(O)(O)=S)[C@H](n2cnc3c(N)ncnc32)O[C@@H]1COP(O)(=S)OC1C(O)[C@@H](COP(O)(=S)OC2C(OC)[C@@H](COP(=O)(O)OCCO)O[C@H]2n2cnc3c(N)ncnc32)O[C@H]1n1cnc2c(N)ncnc21. The van der Waals surface area contributed by atoms with Gasteiger partial charge in [0.05, 0.1) is 52.0 Å². The molecule has 13 N–H and O–H groups in total. The molecule has 6 aromatic heterocycles. The van der Waals surface area contributed by atoms with Crippen LogP contribution < -0.4 is 17.2 Å². The number of aliphatic hydroxyl groups is 2. The highest BCUT2D eigenvalue weighted by atomic mass is 32.5. The van der Waals surface area contributed by atoms with Crippen molar-refractivity contribution in [2.45, 2.75) is 73.6 Å². The number of rotatable bonds is 23. The predicted molar refractivity (Wildman–Crippen MR) is 266 cm³/mol. The second-order valence-electron chi connectivity index (χ2n) is 16.4. The van der Waals surface area contributed by atoms with Crippen LogP contribution in [0.2, 0.25) is 0 Å². The lowest BCUT2D eigenvalue weighted by Gasteiger charge is -2.28. The van der Waals surface area contributed by atoms with Gasteiger partial charge in [-0.15, -0.1) is 0 Å². The fourth-order valence-electron chi connectivity index (χ4n) is 8.51. The lowest BCUT2D eigenvalue weighted by molar-refractivity contribution is -0.0601. The van der Waals surface area contributed by atoms with Gasteiger partial charge in [0, 0.05) is 14.2 Å². The molecule has 3 aliphatic heterocycles. The molecule has 6 aromatic rings. The van der Waals surface area contributed by atoms with Gasteiger partial charge in [0.1, 0.15) is 90.5 Å². The van der Waals surface area contributed by atoms with Gasteiger partial charge in [-0.2, -0.15) is 0 Å². The lowest BCUT2D eigenvalue weighted by atomic mass is 10.1. The highest BCUT2D eigenvalue weighted by Crippen LogP contribution is 2.55. The van der Waals surface area contributed by atoms with Crippen molar-refractivity contribution in [1.29, 1.82) is 0 Å². The van der Waals surface area contributed by atoms with Gasteiger partial charge in [-0.25, -0.2) is 49.4 Å². The first-order chi connectivity index (χ1) is 36.0. The number of anilines is 3. The van der Waals surface area contributed by atoms with Gasteiger partial charge < -0.3 is 84.6 Å². The number of nitrogen functional groups attached to an aromatic ring is 3. The highest BCUT2D eigenvalue weighted by Gasteiger charge is 2.54. The Morgan fingerprint density at radius 1 is 0.553 bits per heavy atom. The molecule has 0 aromatic carbocycles. The molecule has 0 bridgehead atoms. The fourth-order valence-corrected chi connectivity index (χ4v) is 12.9. The van der Waals surface area contributed by atoms with Crippen molar-refractivity contribution in [1.82, 2.24) is 58.6 Å². The number of methoxy groups -OCH3 is 2. The van der Waals surface area contributed by atoms with E-state index in [1.165, 1.54) is 53.2 Å². The van der Waals surface area contributed by atoms with E-state index in [2.05, 4.69) is 44.9 Å². The van der Waals surface area contributed by atoms with Crippen LogP contribution in [-0.4, -0.2) is 195 Å². The van der Waals surface area contributed by atoms with Crippen LogP contribution in [0.25, 0.3) is 33.5 Å². The van der Waals surface area contributed by atoms with Crippen LogP contribution in [0.15, 0.2) is 38.0 Å². The van der Waals surface area contributed by atoms with Crippen LogP contribution in [-0.2, 0) is 95.3 Å². The minimum Gasteiger partial charge on any atom is -0.394 e.